The number of carbonyl (C=O) groups excluding carboxylic acids is 1. The number of benzene rings is 1. The SMILES string of the molecule is O=C(Cl)c1cc(Br)cc(Br)c1Br. The second kappa shape index (κ2) is 4.22. The minimum absolute atomic E-state index is 0.443. The van der Waals surface area contributed by atoms with E-state index in [-0.39, 0.29) is 0 Å². The van der Waals surface area contributed by atoms with Crippen molar-refractivity contribution < 1.29 is 4.79 Å². The Labute approximate surface area is 99.9 Å². The lowest BCUT2D eigenvalue weighted by molar-refractivity contribution is 0.108. The van der Waals surface area contributed by atoms with Crippen LogP contribution in [0.25, 0.3) is 0 Å². The molecule has 1 rings (SSSR count). The van der Waals surface area contributed by atoms with E-state index in [9.17, 15) is 4.79 Å². The van der Waals surface area contributed by atoms with E-state index in [0.717, 1.165) is 8.95 Å². The Morgan fingerprint density at radius 2 is 1.83 bits per heavy atom. The quantitative estimate of drug-likeness (QED) is 0.525. The summed E-state index contributed by atoms with van der Waals surface area (Å²) in [6.07, 6.45) is 0. The van der Waals surface area contributed by atoms with E-state index in [1.54, 1.807) is 6.07 Å². The van der Waals surface area contributed by atoms with Gasteiger partial charge in [-0.2, -0.15) is 0 Å². The summed E-state index contributed by atoms with van der Waals surface area (Å²) in [5.74, 6) is 0. The number of hydrogen-bond acceptors (Lipinski definition) is 1. The summed E-state index contributed by atoms with van der Waals surface area (Å²) in [6, 6.07) is 3.48. The Kier molecular flexibility index (Phi) is 3.76. The molecule has 1 aromatic rings. The van der Waals surface area contributed by atoms with Crippen molar-refractivity contribution in [2.75, 3.05) is 0 Å². The van der Waals surface area contributed by atoms with Gasteiger partial charge >= 0.3 is 0 Å². The van der Waals surface area contributed by atoms with Crippen LogP contribution in [0.5, 0.6) is 0 Å². The molecule has 0 aliphatic carbocycles. The van der Waals surface area contributed by atoms with Gasteiger partial charge in [0, 0.05) is 13.4 Å². The standard InChI is InChI=1S/C7H2Br3ClO/c8-3-1-4(7(11)12)6(10)5(9)2-3/h1-2H. The molecule has 0 atom stereocenters. The van der Waals surface area contributed by atoms with Crippen LogP contribution in [-0.2, 0) is 0 Å². The summed E-state index contributed by atoms with van der Waals surface area (Å²) in [5.41, 5.74) is 0.443. The van der Waals surface area contributed by atoms with E-state index in [1.807, 2.05) is 6.07 Å². The summed E-state index contributed by atoms with van der Waals surface area (Å²) >= 11 is 15.1. The molecule has 0 saturated heterocycles. The van der Waals surface area contributed by atoms with Crippen LogP contribution in [0.4, 0.5) is 0 Å². The first kappa shape index (κ1) is 10.7. The van der Waals surface area contributed by atoms with Crippen molar-refractivity contribution in [3.63, 3.8) is 0 Å². The fourth-order valence-corrected chi connectivity index (χ4v) is 2.60. The molecular weight excluding hydrogens is 375 g/mol. The lowest BCUT2D eigenvalue weighted by Crippen LogP contribution is -1.91. The van der Waals surface area contributed by atoms with Crippen molar-refractivity contribution in [2.45, 2.75) is 0 Å². The average Bonchev–Trinajstić information content (AvgIpc) is 1.96. The topological polar surface area (TPSA) is 17.1 Å². The van der Waals surface area contributed by atoms with Gasteiger partial charge < -0.3 is 0 Å². The Morgan fingerprint density at radius 3 is 2.33 bits per heavy atom. The van der Waals surface area contributed by atoms with Gasteiger partial charge in [0.25, 0.3) is 5.24 Å². The van der Waals surface area contributed by atoms with Gasteiger partial charge in [-0.1, -0.05) is 15.9 Å². The Balaban J connectivity index is 3.37. The summed E-state index contributed by atoms with van der Waals surface area (Å²) in [4.78, 5) is 10.9. The number of hydrogen-bond donors (Lipinski definition) is 0. The highest BCUT2D eigenvalue weighted by molar-refractivity contribution is 9.13. The van der Waals surface area contributed by atoms with Crippen molar-refractivity contribution in [1.82, 2.24) is 0 Å². The molecule has 0 radical (unpaired) electrons. The molecule has 0 aliphatic rings. The lowest BCUT2D eigenvalue weighted by atomic mass is 10.2. The molecule has 0 amide bonds. The maximum absolute atomic E-state index is 10.9. The molecule has 1 aromatic carbocycles. The molecule has 64 valence electrons. The highest BCUT2D eigenvalue weighted by Gasteiger charge is 2.10. The first-order chi connectivity index (χ1) is 5.52. The first-order valence-electron chi connectivity index (χ1n) is 2.86. The van der Waals surface area contributed by atoms with Gasteiger partial charge in [-0.05, 0) is 55.6 Å². The number of carbonyl (C=O) groups is 1. The van der Waals surface area contributed by atoms with Crippen molar-refractivity contribution in [3.05, 3.63) is 31.1 Å². The van der Waals surface area contributed by atoms with Crippen molar-refractivity contribution in [1.29, 1.82) is 0 Å². The molecule has 0 unspecified atom stereocenters. The van der Waals surface area contributed by atoms with Crippen LogP contribution in [0.3, 0.4) is 0 Å². The highest BCUT2D eigenvalue weighted by atomic mass is 79.9. The predicted molar refractivity (Wildman–Crippen MR) is 59.7 cm³/mol. The molecular formula is C7H2Br3ClO. The third-order valence-corrected chi connectivity index (χ3v) is 3.88. The Hall–Kier alpha value is 0.620. The van der Waals surface area contributed by atoms with Gasteiger partial charge in [0.15, 0.2) is 0 Å². The molecule has 12 heavy (non-hydrogen) atoms. The minimum Gasteiger partial charge on any atom is -0.276 e. The average molecular weight is 377 g/mol. The van der Waals surface area contributed by atoms with Crippen LogP contribution in [0.2, 0.25) is 0 Å². The van der Waals surface area contributed by atoms with Gasteiger partial charge in [0.2, 0.25) is 0 Å². The Morgan fingerprint density at radius 1 is 1.25 bits per heavy atom. The second-order valence-electron chi connectivity index (χ2n) is 2.02. The van der Waals surface area contributed by atoms with Crippen LogP contribution in [0, 0.1) is 0 Å². The zero-order valence-corrected chi connectivity index (χ0v) is 11.1. The highest BCUT2D eigenvalue weighted by Crippen LogP contribution is 2.31. The molecule has 5 heteroatoms. The van der Waals surface area contributed by atoms with Gasteiger partial charge in [-0.25, -0.2) is 0 Å². The Bertz CT molecular complexity index is 338. The summed E-state index contributed by atoms with van der Waals surface area (Å²) in [5, 5.41) is -0.483. The predicted octanol–water partition coefficient (Wildman–Crippen LogP) is 4.35. The zero-order chi connectivity index (χ0) is 9.30. The maximum Gasteiger partial charge on any atom is 0.253 e. The lowest BCUT2D eigenvalue weighted by Gasteiger charge is -2.01. The summed E-state index contributed by atoms with van der Waals surface area (Å²) in [7, 11) is 0. The molecule has 1 nitrogen and oxygen atoms in total. The third-order valence-electron chi connectivity index (χ3n) is 1.20. The van der Waals surface area contributed by atoms with Gasteiger partial charge in [-0.15, -0.1) is 0 Å². The second-order valence-corrected chi connectivity index (χ2v) is 4.93. The fraction of sp³-hybridized carbons (Fsp3) is 0. The van der Waals surface area contributed by atoms with Crippen LogP contribution in [0.1, 0.15) is 10.4 Å². The monoisotopic (exact) mass is 374 g/mol. The number of rotatable bonds is 1. The third kappa shape index (κ3) is 2.31. The smallest absolute Gasteiger partial charge is 0.253 e. The van der Waals surface area contributed by atoms with Crippen LogP contribution in [0.15, 0.2) is 25.6 Å². The van der Waals surface area contributed by atoms with E-state index in [2.05, 4.69) is 47.8 Å². The van der Waals surface area contributed by atoms with E-state index in [1.165, 1.54) is 0 Å². The van der Waals surface area contributed by atoms with E-state index < -0.39 is 5.24 Å². The number of halogens is 4. The summed E-state index contributed by atoms with van der Waals surface area (Å²) in [6.45, 7) is 0. The van der Waals surface area contributed by atoms with E-state index in [4.69, 9.17) is 11.6 Å². The molecule has 0 heterocycles. The van der Waals surface area contributed by atoms with Crippen LogP contribution < -0.4 is 0 Å². The van der Waals surface area contributed by atoms with Crippen molar-refractivity contribution in [3.8, 4) is 0 Å². The maximum atomic E-state index is 10.9. The summed E-state index contributed by atoms with van der Waals surface area (Å²) < 4.78 is 2.27. The van der Waals surface area contributed by atoms with Crippen LogP contribution in [-0.4, -0.2) is 5.24 Å². The van der Waals surface area contributed by atoms with Gasteiger partial charge in [0.1, 0.15) is 0 Å². The van der Waals surface area contributed by atoms with Gasteiger partial charge in [-0.3, -0.25) is 4.79 Å². The van der Waals surface area contributed by atoms with Crippen molar-refractivity contribution in [2.24, 2.45) is 0 Å². The minimum atomic E-state index is -0.483. The molecule has 0 aromatic heterocycles. The fourth-order valence-electron chi connectivity index (χ4n) is 0.699. The van der Waals surface area contributed by atoms with Crippen LogP contribution >= 0.6 is 59.4 Å². The zero-order valence-electron chi connectivity index (χ0n) is 5.57. The molecule has 0 bridgehead atoms. The first-order valence-corrected chi connectivity index (χ1v) is 5.62. The van der Waals surface area contributed by atoms with E-state index in [0.29, 0.717) is 10.0 Å². The molecule has 0 spiro atoms. The molecule has 0 aliphatic heterocycles. The molecule has 0 N–H and O–H groups in total. The normalized spacial score (nSPS) is 10.0. The molecule has 0 saturated carbocycles. The van der Waals surface area contributed by atoms with Gasteiger partial charge in [0.05, 0.1) is 5.56 Å². The molecule has 0 fully saturated rings. The van der Waals surface area contributed by atoms with Crippen molar-refractivity contribution >= 4 is 64.6 Å². The van der Waals surface area contributed by atoms with E-state index >= 15 is 0 Å². The largest absolute Gasteiger partial charge is 0.276 e.